The highest BCUT2D eigenvalue weighted by atomic mass is 16.3. The molecular weight excluding hydrogens is 677 g/mol. The lowest BCUT2D eigenvalue weighted by molar-refractivity contribution is 0.523. The highest BCUT2D eigenvalue weighted by Gasteiger charge is 2.29. The third-order valence-electron chi connectivity index (χ3n) is 12.0. The number of hydrogen-bond donors (Lipinski definition) is 0. The molecule has 5 aromatic carbocycles. The van der Waals surface area contributed by atoms with Crippen LogP contribution in [0.2, 0.25) is 0 Å². The van der Waals surface area contributed by atoms with Crippen molar-refractivity contribution in [2.45, 2.75) is 57.8 Å². The molecule has 0 bridgehead atoms. The van der Waals surface area contributed by atoms with Gasteiger partial charge in [0.05, 0.1) is 0 Å². The van der Waals surface area contributed by atoms with Crippen LogP contribution in [0.25, 0.3) is 50.3 Å². The van der Waals surface area contributed by atoms with E-state index in [2.05, 4.69) is 178 Å². The van der Waals surface area contributed by atoms with Crippen LogP contribution in [0.1, 0.15) is 79.3 Å². The molecule has 0 unspecified atom stereocenters. The van der Waals surface area contributed by atoms with E-state index in [-0.39, 0.29) is 5.41 Å². The molecule has 0 amide bonds. The van der Waals surface area contributed by atoms with Crippen molar-refractivity contribution >= 4 is 50.3 Å². The Morgan fingerprint density at radius 3 is 2.18 bits per heavy atom. The van der Waals surface area contributed by atoms with Crippen LogP contribution in [0.15, 0.2) is 180 Å². The topological polar surface area (TPSA) is 13.1 Å². The Hall–Kier alpha value is -6.18. The molecule has 0 aliphatic heterocycles. The minimum absolute atomic E-state index is 0.138. The summed E-state index contributed by atoms with van der Waals surface area (Å²) >= 11 is 0. The standard InChI is InChI=1S/C55H48O/c1-37(39-20-8-7-9-21-39)43-24-13-14-25-44(43)38(2)45-23-10-5-6-11-26-46(48-28-16-15-27-47(45)48)42-35-51-40(34-41-22-12-18-30-52(41)55(3,4)36-42)32-33-50-49-29-17-19-31-53(49)56-54(50)51/h7-8,10-20,22-33,35H,1-2,5-6,9,21,34,36H2,3-4H3/b23-10?,26-11+,42-35?,47-45?,48-46+. The van der Waals surface area contributed by atoms with E-state index in [0.717, 1.165) is 88.3 Å². The first kappa shape index (κ1) is 35.5. The molecule has 9 rings (SSSR count). The summed E-state index contributed by atoms with van der Waals surface area (Å²) in [7, 11) is 0. The molecule has 6 aromatic rings. The van der Waals surface area contributed by atoms with Crippen LogP contribution in [-0.4, -0.2) is 0 Å². The first-order valence-electron chi connectivity index (χ1n) is 20.1. The van der Waals surface area contributed by atoms with Gasteiger partial charge in [0.2, 0.25) is 0 Å². The number of benzene rings is 5. The van der Waals surface area contributed by atoms with E-state index in [1.54, 1.807) is 0 Å². The second-order valence-electron chi connectivity index (χ2n) is 16.1. The summed E-state index contributed by atoms with van der Waals surface area (Å²) in [5.74, 6) is 0. The van der Waals surface area contributed by atoms with Gasteiger partial charge in [0.25, 0.3) is 0 Å². The molecule has 0 fully saturated rings. The SMILES string of the molecule is C=C(C1=CC=CCC1)c1ccccc1C(=C)C1=c2cccc/c2=C(C2=Cc3c(ccc4c3oc3ccccc34)Cc3ccccc3C(C)(C)C2)/C=C/CCC=C1. The van der Waals surface area contributed by atoms with E-state index in [1.165, 1.54) is 49.4 Å². The van der Waals surface area contributed by atoms with Crippen molar-refractivity contribution in [3.63, 3.8) is 0 Å². The Labute approximate surface area is 331 Å². The van der Waals surface area contributed by atoms with Gasteiger partial charge in [-0.3, -0.25) is 0 Å². The number of fused-ring (bicyclic) bond motifs is 7. The summed E-state index contributed by atoms with van der Waals surface area (Å²) in [6.45, 7) is 14.3. The summed E-state index contributed by atoms with van der Waals surface area (Å²) in [6, 6.07) is 39.7. The van der Waals surface area contributed by atoms with Crippen molar-refractivity contribution in [3.05, 3.63) is 220 Å². The Morgan fingerprint density at radius 2 is 1.36 bits per heavy atom. The van der Waals surface area contributed by atoms with E-state index in [4.69, 9.17) is 11.0 Å². The molecule has 0 atom stereocenters. The Balaban J connectivity index is 1.33. The highest BCUT2D eigenvalue weighted by molar-refractivity contribution is 6.08. The van der Waals surface area contributed by atoms with Crippen LogP contribution >= 0.6 is 0 Å². The van der Waals surface area contributed by atoms with Crippen LogP contribution in [0.4, 0.5) is 0 Å². The maximum atomic E-state index is 6.77. The second-order valence-corrected chi connectivity index (χ2v) is 16.1. The van der Waals surface area contributed by atoms with Crippen molar-refractivity contribution < 1.29 is 4.42 Å². The van der Waals surface area contributed by atoms with E-state index in [1.807, 2.05) is 0 Å². The summed E-state index contributed by atoms with van der Waals surface area (Å²) in [5, 5.41) is 4.69. The summed E-state index contributed by atoms with van der Waals surface area (Å²) in [5.41, 5.74) is 16.3. The summed E-state index contributed by atoms with van der Waals surface area (Å²) in [4.78, 5) is 0. The lowest BCUT2D eigenvalue weighted by Crippen LogP contribution is -2.30. The van der Waals surface area contributed by atoms with Crippen LogP contribution < -0.4 is 10.4 Å². The van der Waals surface area contributed by atoms with Crippen molar-refractivity contribution in [3.8, 4) is 0 Å². The van der Waals surface area contributed by atoms with Gasteiger partial charge in [-0.2, -0.15) is 0 Å². The van der Waals surface area contributed by atoms with E-state index in [0.29, 0.717) is 0 Å². The van der Waals surface area contributed by atoms with E-state index >= 15 is 0 Å². The maximum absolute atomic E-state index is 6.77. The van der Waals surface area contributed by atoms with Crippen molar-refractivity contribution in [2.24, 2.45) is 0 Å². The van der Waals surface area contributed by atoms with Gasteiger partial charge in [0, 0.05) is 16.3 Å². The van der Waals surface area contributed by atoms with Gasteiger partial charge in [0.1, 0.15) is 11.2 Å². The van der Waals surface area contributed by atoms with Gasteiger partial charge in [0.15, 0.2) is 0 Å². The second kappa shape index (κ2) is 14.8. The van der Waals surface area contributed by atoms with Crippen molar-refractivity contribution in [2.75, 3.05) is 0 Å². The number of allylic oxidation sites excluding steroid dienone is 11. The van der Waals surface area contributed by atoms with Gasteiger partial charge < -0.3 is 4.42 Å². The van der Waals surface area contributed by atoms with Crippen molar-refractivity contribution in [1.29, 1.82) is 0 Å². The Bertz CT molecular complexity index is 2850. The zero-order chi connectivity index (χ0) is 38.2. The van der Waals surface area contributed by atoms with E-state index in [9.17, 15) is 0 Å². The molecule has 1 nitrogen and oxygen atoms in total. The summed E-state index contributed by atoms with van der Waals surface area (Å²) in [6.07, 6.45) is 24.1. The van der Waals surface area contributed by atoms with Gasteiger partial charge in [-0.05, 0) is 128 Å². The van der Waals surface area contributed by atoms with Gasteiger partial charge in [-0.15, -0.1) is 0 Å². The highest BCUT2D eigenvalue weighted by Crippen LogP contribution is 2.42. The molecule has 1 heteroatoms. The zero-order valence-corrected chi connectivity index (χ0v) is 32.6. The fourth-order valence-electron chi connectivity index (χ4n) is 9.12. The molecule has 0 saturated heterocycles. The first-order valence-corrected chi connectivity index (χ1v) is 20.1. The molecule has 0 spiro atoms. The smallest absolute Gasteiger partial charge is 0.142 e. The average molecular weight is 725 g/mol. The van der Waals surface area contributed by atoms with Gasteiger partial charge >= 0.3 is 0 Å². The molecule has 3 aliphatic carbocycles. The third kappa shape index (κ3) is 6.52. The number of hydrogen-bond acceptors (Lipinski definition) is 1. The molecule has 0 saturated carbocycles. The molecule has 0 N–H and O–H groups in total. The monoisotopic (exact) mass is 724 g/mol. The molecule has 56 heavy (non-hydrogen) atoms. The Morgan fingerprint density at radius 1 is 0.643 bits per heavy atom. The van der Waals surface area contributed by atoms with Crippen LogP contribution in [0, 0.1) is 0 Å². The average Bonchev–Trinajstić information content (AvgIpc) is 3.63. The lowest BCUT2D eigenvalue weighted by atomic mass is 9.75. The normalized spacial score (nSPS) is 18.1. The predicted molar refractivity (Wildman–Crippen MR) is 240 cm³/mol. The van der Waals surface area contributed by atoms with Crippen LogP contribution in [0.5, 0.6) is 0 Å². The molecule has 1 heterocycles. The van der Waals surface area contributed by atoms with Gasteiger partial charge in [-0.1, -0.05) is 173 Å². The number of para-hydroxylation sites is 1. The lowest BCUT2D eigenvalue weighted by Gasteiger charge is -2.29. The largest absolute Gasteiger partial charge is 0.455 e. The molecule has 0 radical (unpaired) electrons. The van der Waals surface area contributed by atoms with Crippen LogP contribution in [0.3, 0.4) is 0 Å². The minimum atomic E-state index is -0.138. The van der Waals surface area contributed by atoms with Gasteiger partial charge in [-0.25, -0.2) is 0 Å². The first-order chi connectivity index (χ1) is 27.4. The fourth-order valence-corrected chi connectivity index (χ4v) is 9.12. The molecule has 274 valence electrons. The molecular formula is C55H48O. The zero-order valence-electron chi connectivity index (χ0n) is 32.6. The fraction of sp³-hybridized carbons (Fsp3) is 0.164. The Kier molecular flexibility index (Phi) is 9.39. The van der Waals surface area contributed by atoms with Crippen molar-refractivity contribution in [1.82, 2.24) is 0 Å². The number of furan rings is 1. The molecule has 3 aliphatic rings. The van der Waals surface area contributed by atoms with Crippen LogP contribution in [-0.2, 0) is 11.8 Å². The third-order valence-corrected chi connectivity index (χ3v) is 12.0. The number of rotatable bonds is 5. The summed E-state index contributed by atoms with van der Waals surface area (Å²) < 4.78 is 6.77. The molecule has 1 aromatic heterocycles. The quantitative estimate of drug-likeness (QED) is 0.173. The predicted octanol–water partition coefficient (Wildman–Crippen LogP) is 13.2. The minimum Gasteiger partial charge on any atom is -0.455 e. The van der Waals surface area contributed by atoms with E-state index < -0.39 is 0 Å². The maximum Gasteiger partial charge on any atom is 0.142 e.